The Morgan fingerprint density at radius 1 is 0.897 bits per heavy atom. The van der Waals surface area contributed by atoms with Crippen molar-refractivity contribution in [2.24, 2.45) is 0 Å². The molecule has 0 saturated carbocycles. The standard InChI is InChI=1S/C22H23Cl3N4/c23-16-2-4-18-21(6-8-27-22(18)14-16)26-7-1-9-28-10-12-29(13-11-28)17-3-5-19(24)20(25)15-17/h2-6,8,14-15H,1,7,9-13H2,(H,26,27). The number of rotatable bonds is 6. The average molecular weight is 450 g/mol. The third-order valence-electron chi connectivity index (χ3n) is 5.31. The molecule has 0 atom stereocenters. The lowest BCUT2D eigenvalue weighted by Gasteiger charge is -2.36. The van der Waals surface area contributed by atoms with Crippen LogP contribution in [0.15, 0.2) is 48.7 Å². The van der Waals surface area contributed by atoms with E-state index < -0.39 is 0 Å². The number of halogens is 3. The van der Waals surface area contributed by atoms with Gasteiger partial charge in [-0.05, 0) is 55.4 Å². The SMILES string of the molecule is Clc1ccc2c(NCCCN3CCN(c4ccc(Cl)c(Cl)c4)CC3)ccnc2c1. The highest BCUT2D eigenvalue weighted by Crippen LogP contribution is 2.28. The molecular formula is C22H23Cl3N4. The number of hydrogen-bond donors (Lipinski definition) is 1. The van der Waals surface area contributed by atoms with Crippen LogP contribution in [0.25, 0.3) is 10.9 Å². The molecule has 0 aliphatic carbocycles. The largest absolute Gasteiger partial charge is 0.384 e. The molecule has 4 rings (SSSR count). The Labute approximate surface area is 186 Å². The number of anilines is 2. The van der Waals surface area contributed by atoms with E-state index in [1.165, 1.54) is 0 Å². The fourth-order valence-electron chi connectivity index (χ4n) is 3.71. The molecule has 7 heteroatoms. The van der Waals surface area contributed by atoms with E-state index in [1.807, 2.05) is 48.7 Å². The lowest BCUT2D eigenvalue weighted by molar-refractivity contribution is 0.257. The Bertz CT molecular complexity index is 987. The van der Waals surface area contributed by atoms with Crippen LogP contribution in [0.4, 0.5) is 11.4 Å². The zero-order valence-corrected chi connectivity index (χ0v) is 18.3. The van der Waals surface area contributed by atoms with Crippen molar-refractivity contribution in [2.45, 2.75) is 6.42 Å². The zero-order chi connectivity index (χ0) is 20.2. The summed E-state index contributed by atoms with van der Waals surface area (Å²) in [7, 11) is 0. The predicted molar refractivity (Wildman–Crippen MR) is 125 cm³/mol. The minimum absolute atomic E-state index is 0.603. The fourth-order valence-corrected chi connectivity index (χ4v) is 4.17. The molecule has 1 aromatic heterocycles. The van der Waals surface area contributed by atoms with E-state index in [4.69, 9.17) is 34.8 Å². The second-order valence-electron chi connectivity index (χ2n) is 7.23. The number of nitrogens with zero attached hydrogens (tertiary/aromatic N) is 3. The molecule has 1 aliphatic heterocycles. The highest BCUT2D eigenvalue weighted by molar-refractivity contribution is 6.42. The second kappa shape index (κ2) is 9.40. The summed E-state index contributed by atoms with van der Waals surface area (Å²) in [5, 5.41) is 6.58. The van der Waals surface area contributed by atoms with Gasteiger partial charge in [0.25, 0.3) is 0 Å². The summed E-state index contributed by atoms with van der Waals surface area (Å²) < 4.78 is 0. The van der Waals surface area contributed by atoms with Gasteiger partial charge in [-0.1, -0.05) is 34.8 Å². The number of fused-ring (bicyclic) bond motifs is 1. The maximum Gasteiger partial charge on any atom is 0.0737 e. The Morgan fingerprint density at radius 2 is 1.72 bits per heavy atom. The summed E-state index contributed by atoms with van der Waals surface area (Å²) in [6.07, 6.45) is 2.91. The molecule has 0 spiro atoms. The molecule has 0 bridgehead atoms. The van der Waals surface area contributed by atoms with Crippen molar-refractivity contribution < 1.29 is 0 Å². The van der Waals surface area contributed by atoms with Crippen LogP contribution in [-0.4, -0.2) is 49.2 Å². The third kappa shape index (κ3) is 5.07. The van der Waals surface area contributed by atoms with Crippen molar-refractivity contribution in [3.63, 3.8) is 0 Å². The molecule has 1 saturated heterocycles. The topological polar surface area (TPSA) is 31.4 Å². The molecular weight excluding hydrogens is 427 g/mol. The number of piperazine rings is 1. The first-order valence-corrected chi connectivity index (χ1v) is 10.9. The first-order chi connectivity index (χ1) is 14.1. The molecule has 2 aromatic carbocycles. The van der Waals surface area contributed by atoms with Crippen molar-refractivity contribution >= 4 is 57.1 Å². The van der Waals surface area contributed by atoms with Gasteiger partial charge >= 0.3 is 0 Å². The molecule has 152 valence electrons. The van der Waals surface area contributed by atoms with Crippen molar-refractivity contribution in [2.75, 3.05) is 49.5 Å². The smallest absolute Gasteiger partial charge is 0.0737 e. The highest BCUT2D eigenvalue weighted by Gasteiger charge is 2.17. The van der Waals surface area contributed by atoms with Gasteiger partial charge < -0.3 is 10.2 Å². The maximum absolute atomic E-state index is 6.15. The van der Waals surface area contributed by atoms with Crippen LogP contribution in [0.3, 0.4) is 0 Å². The summed E-state index contributed by atoms with van der Waals surface area (Å²) in [5.74, 6) is 0. The van der Waals surface area contributed by atoms with E-state index in [-0.39, 0.29) is 0 Å². The van der Waals surface area contributed by atoms with Crippen molar-refractivity contribution in [3.8, 4) is 0 Å². The third-order valence-corrected chi connectivity index (χ3v) is 6.29. The van der Waals surface area contributed by atoms with Crippen LogP contribution in [-0.2, 0) is 0 Å². The van der Waals surface area contributed by atoms with Gasteiger partial charge in [0.05, 0.1) is 15.6 Å². The monoisotopic (exact) mass is 448 g/mol. The maximum atomic E-state index is 6.15. The van der Waals surface area contributed by atoms with Gasteiger partial charge in [-0.15, -0.1) is 0 Å². The van der Waals surface area contributed by atoms with E-state index >= 15 is 0 Å². The Hall–Kier alpha value is -1.72. The Morgan fingerprint density at radius 3 is 2.52 bits per heavy atom. The fraction of sp³-hybridized carbons (Fsp3) is 0.318. The predicted octanol–water partition coefficient (Wildman–Crippen LogP) is 5.82. The van der Waals surface area contributed by atoms with Crippen LogP contribution in [0.1, 0.15) is 6.42 Å². The van der Waals surface area contributed by atoms with E-state index in [2.05, 4.69) is 20.1 Å². The summed E-state index contributed by atoms with van der Waals surface area (Å²) in [6, 6.07) is 13.7. The van der Waals surface area contributed by atoms with Crippen LogP contribution < -0.4 is 10.2 Å². The zero-order valence-electron chi connectivity index (χ0n) is 16.0. The summed E-state index contributed by atoms with van der Waals surface area (Å²) >= 11 is 18.2. The number of aromatic nitrogens is 1. The number of nitrogens with one attached hydrogen (secondary N) is 1. The molecule has 4 nitrogen and oxygen atoms in total. The second-order valence-corrected chi connectivity index (χ2v) is 8.48. The van der Waals surface area contributed by atoms with E-state index in [0.29, 0.717) is 15.1 Å². The lowest BCUT2D eigenvalue weighted by atomic mass is 10.2. The lowest BCUT2D eigenvalue weighted by Crippen LogP contribution is -2.46. The van der Waals surface area contributed by atoms with Gasteiger partial charge in [0, 0.05) is 60.7 Å². The molecule has 29 heavy (non-hydrogen) atoms. The van der Waals surface area contributed by atoms with Crippen LogP contribution in [0, 0.1) is 0 Å². The summed E-state index contributed by atoms with van der Waals surface area (Å²) in [6.45, 7) is 6.11. The molecule has 1 N–H and O–H groups in total. The van der Waals surface area contributed by atoms with Gasteiger partial charge in [0.15, 0.2) is 0 Å². The highest BCUT2D eigenvalue weighted by atomic mass is 35.5. The van der Waals surface area contributed by atoms with E-state index in [1.54, 1.807) is 0 Å². The molecule has 1 aliphatic rings. The number of hydrogen-bond acceptors (Lipinski definition) is 4. The van der Waals surface area contributed by atoms with Crippen molar-refractivity contribution in [1.82, 2.24) is 9.88 Å². The summed E-state index contributed by atoms with van der Waals surface area (Å²) in [5.41, 5.74) is 3.17. The summed E-state index contributed by atoms with van der Waals surface area (Å²) in [4.78, 5) is 9.27. The number of benzene rings is 2. The molecule has 1 fully saturated rings. The minimum Gasteiger partial charge on any atom is -0.384 e. The van der Waals surface area contributed by atoms with Crippen molar-refractivity contribution in [1.29, 1.82) is 0 Å². The Kier molecular flexibility index (Phi) is 6.66. The molecule has 2 heterocycles. The normalized spacial score (nSPS) is 15.1. The number of pyridine rings is 1. The van der Waals surface area contributed by atoms with Crippen LogP contribution in [0.5, 0.6) is 0 Å². The quantitative estimate of drug-likeness (QED) is 0.481. The van der Waals surface area contributed by atoms with Gasteiger partial charge in [-0.3, -0.25) is 9.88 Å². The van der Waals surface area contributed by atoms with Gasteiger partial charge in [0.2, 0.25) is 0 Å². The van der Waals surface area contributed by atoms with Crippen LogP contribution in [0.2, 0.25) is 15.1 Å². The Balaban J connectivity index is 1.24. The average Bonchev–Trinajstić information content (AvgIpc) is 2.73. The minimum atomic E-state index is 0.603. The molecule has 0 unspecified atom stereocenters. The van der Waals surface area contributed by atoms with Gasteiger partial charge in [0.1, 0.15) is 0 Å². The first-order valence-electron chi connectivity index (χ1n) is 9.81. The van der Waals surface area contributed by atoms with Gasteiger partial charge in [-0.25, -0.2) is 0 Å². The molecule has 0 amide bonds. The molecule has 3 aromatic rings. The first kappa shape index (κ1) is 20.5. The van der Waals surface area contributed by atoms with Crippen LogP contribution >= 0.6 is 34.8 Å². The van der Waals surface area contributed by atoms with Gasteiger partial charge in [-0.2, -0.15) is 0 Å². The van der Waals surface area contributed by atoms with E-state index in [9.17, 15) is 0 Å². The molecule has 0 radical (unpaired) electrons. The van der Waals surface area contributed by atoms with Crippen molar-refractivity contribution in [3.05, 3.63) is 63.7 Å². The van der Waals surface area contributed by atoms with E-state index in [0.717, 1.165) is 68.0 Å².